The molecule has 4 heterocycles. The molecule has 0 radical (unpaired) electrons. The minimum absolute atomic E-state index is 0.119. The number of thiazole rings is 2. The minimum Gasteiger partial charge on any atom is -0.391 e. The number of hydrogen-bond donors (Lipinski definition) is 3. The van der Waals surface area contributed by atoms with E-state index in [-0.39, 0.29) is 28.2 Å². The van der Waals surface area contributed by atoms with E-state index in [1.807, 2.05) is 0 Å². The standard InChI is InChI=1S/C19H24N2O5S2.C19H22N2O5S2/c2*1-28(24,25)16-4-2-14(3-5-16)17(10-13-6-8-26-9-7-13)18(23)21-19-20-11-15(12-22)27-19/h2-5,11,13,17,22H,6-10,12H2,1H3,(H,20,21,23);2-5,11-13,17H,6-10H2,1H3,(H,20,21,23). The van der Waals surface area contributed by atoms with Crippen LogP contribution in [0.2, 0.25) is 0 Å². The van der Waals surface area contributed by atoms with Crippen LogP contribution in [0.25, 0.3) is 0 Å². The van der Waals surface area contributed by atoms with Gasteiger partial charge in [0.15, 0.2) is 36.2 Å². The van der Waals surface area contributed by atoms with Crippen molar-refractivity contribution >= 4 is 70.7 Å². The van der Waals surface area contributed by atoms with Gasteiger partial charge in [-0.25, -0.2) is 26.8 Å². The summed E-state index contributed by atoms with van der Waals surface area (Å²) in [6, 6.07) is 13.0. The fraction of sp³-hybridized carbons (Fsp3) is 0.447. The van der Waals surface area contributed by atoms with Crippen molar-refractivity contribution in [1.29, 1.82) is 0 Å². The van der Waals surface area contributed by atoms with E-state index in [1.54, 1.807) is 36.4 Å². The van der Waals surface area contributed by atoms with Crippen molar-refractivity contribution in [1.82, 2.24) is 9.97 Å². The molecule has 56 heavy (non-hydrogen) atoms. The maximum atomic E-state index is 13.0. The molecule has 2 amide bonds. The Hall–Kier alpha value is -3.91. The highest BCUT2D eigenvalue weighted by Crippen LogP contribution is 2.33. The summed E-state index contributed by atoms with van der Waals surface area (Å²) in [5, 5.41) is 15.6. The number of aliphatic hydroxyl groups is 1. The predicted octanol–water partition coefficient (Wildman–Crippen LogP) is 5.48. The van der Waals surface area contributed by atoms with Gasteiger partial charge in [-0.05, 0) is 85.8 Å². The van der Waals surface area contributed by atoms with Crippen molar-refractivity contribution in [3.05, 3.63) is 81.8 Å². The summed E-state index contributed by atoms with van der Waals surface area (Å²) in [6.07, 6.45) is 10.8. The van der Waals surface area contributed by atoms with Gasteiger partial charge in [-0.1, -0.05) is 46.9 Å². The molecule has 2 aliphatic rings. The molecule has 0 spiro atoms. The molecule has 3 N–H and O–H groups in total. The summed E-state index contributed by atoms with van der Waals surface area (Å²) in [5.41, 5.74) is 1.53. The van der Waals surface area contributed by atoms with Crippen LogP contribution in [0.15, 0.2) is 70.7 Å². The monoisotopic (exact) mass is 846 g/mol. The Balaban J connectivity index is 0.000000214. The highest BCUT2D eigenvalue weighted by molar-refractivity contribution is 7.91. The molecular weight excluding hydrogens is 801 g/mol. The lowest BCUT2D eigenvalue weighted by molar-refractivity contribution is -0.119. The molecule has 2 saturated heterocycles. The van der Waals surface area contributed by atoms with Crippen LogP contribution in [0.1, 0.15) is 76.0 Å². The molecule has 4 aromatic rings. The Labute approximate surface area is 334 Å². The average Bonchev–Trinajstić information content (AvgIpc) is 3.85. The fourth-order valence-electron chi connectivity index (χ4n) is 6.54. The molecule has 18 heteroatoms. The topological polar surface area (TPSA) is 208 Å². The maximum absolute atomic E-state index is 13.0. The lowest BCUT2D eigenvalue weighted by atomic mass is 9.84. The number of sulfone groups is 2. The number of hydrogen-bond acceptors (Lipinski definition) is 14. The Morgan fingerprint density at radius 1 is 0.732 bits per heavy atom. The smallest absolute Gasteiger partial charge is 0.233 e. The molecule has 2 unspecified atom stereocenters. The van der Waals surface area contributed by atoms with E-state index in [1.165, 1.54) is 35.9 Å². The molecule has 2 aliphatic heterocycles. The Morgan fingerprint density at radius 3 is 1.50 bits per heavy atom. The van der Waals surface area contributed by atoms with E-state index in [9.17, 15) is 36.3 Å². The van der Waals surface area contributed by atoms with Gasteiger partial charge in [0.2, 0.25) is 11.8 Å². The van der Waals surface area contributed by atoms with Crippen molar-refractivity contribution in [2.24, 2.45) is 11.8 Å². The summed E-state index contributed by atoms with van der Waals surface area (Å²) < 4.78 is 57.7. The van der Waals surface area contributed by atoms with Crippen LogP contribution in [0.4, 0.5) is 10.3 Å². The second kappa shape index (κ2) is 20.0. The second-order valence-corrected chi connectivity index (χ2v) is 20.0. The molecule has 2 fully saturated rings. The van der Waals surface area contributed by atoms with E-state index >= 15 is 0 Å². The van der Waals surface area contributed by atoms with Gasteiger partial charge in [0, 0.05) is 45.1 Å². The number of carbonyl (C=O) groups excluding carboxylic acids is 3. The van der Waals surface area contributed by atoms with Gasteiger partial charge < -0.3 is 25.2 Å². The minimum atomic E-state index is -3.30. The zero-order chi connectivity index (χ0) is 40.3. The molecule has 6 rings (SSSR count). The third-order valence-corrected chi connectivity index (χ3v) is 13.7. The van der Waals surface area contributed by atoms with Crippen LogP contribution in [0.5, 0.6) is 0 Å². The summed E-state index contributed by atoms with van der Waals surface area (Å²) in [7, 11) is -6.59. The number of aliphatic hydroxyl groups excluding tert-OH is 1. The Morgan fingerprint density at radius 2 is 1.14 bits per heavy atom. The van der Waals surface area contributed by atoms with Crippen molar-refractivity contribution in [3.63, 3.8) is 0 Å². The van der Waals surface area contributed by atoms with Gasteiger partial charge in [-0.3, -0.25) is 14.4 Å². The van der Waals surface area contributed by atoms with Crippen molar-refractivity contribution in [3.8, 4) is 0 Å². The van der Waals surface area contributed by atoms with Crippen LogP contribution in [-0.4, -0.2) is 88.9 Å². The molecule has 0 aliphatic carbocycles. The number of aldehydes is 1. The first-order valence-electron chi connectivity index (χ1n) is 18.1. The zero-order valence-electron chi connectivity index (χ0n) is 31.1. The lowest BCUT2D eigenvalue weighted by Crippen LogP contribution is -2.26. The first kappa shape index (κ1) is 43.2. The number of benzene rings is 2. The van der Waals surface area contributed by atoms with Gasteiger partial charge in [0.1, 0.15) is 0 Å². The number of nitrogens with zero attached hydrogens (tertiary/aromatic N) is 2. The zero-order valence-corrected chi connectivity index (χ0v) is 34.4. The quantitative estimate of drug-likeness (QED) is 0.135. The van der Waals surface area contributed by atoms with Gasteiger partial charge in [-0.2, -0.15) is 0 Å². The van der Waals surface area contributed by atoms with Gasteiger partial charge >= 0.3 is 0 Å². The molecular formula is C38H46N4O10S4. The van der Waals surface area contributed by atoms with E-state index < -0.39 is 31.5 Å². The molecule has 14 nitrogen and oxygen atoms in total. The highest BCUT2D eigenvalue weighted by Gasteiger charge is 2.29. The highest BCUT2D eigenvalue weighted by atomic mass is 32.2. The van der Waals surface area contributed by atoms with Crippen LogP contribution in [0, 0.1) is 11.8 Å². The maximum Gasteiger partial charge on any atom is 0.233 e. The summed E-state index contributed by atoms with van der Waals surface area (Å²) in [4.78, 5) is 46.6. The number of anilines is 2. The number of nitrogens with one attached hydrogen (secondary N) is 2. The van der Waals surface area contributed by atoms with Crippen molar-refractivity contribution in [2.45, 2.75) is 66.8 Å². The summed E-state index contributed by atoms with van der Waals surface area (Å²) >= 11 is 2.35. The molecule has 302 valence electrons. The number of rotatable bonds is 14. The lowest BCUT2D eigenvalue weighted by Gasteiger charge is -2.26. The van der Waals surface area contributed by atoms with Crippen molar-refractivity contribution < 1.29 is 45.8 Å². The number of ether oxygens (including phenoxy) is 2. The SMILES string of the molecule is CS(=O)(=O)c1ccc(C(CC2CCOCC2)C(=O)Nc2ncc(C=O)s2)cc1.CS(=O)(=O)c1ccc(C(CC2CCOCC2)C(=O)Nc2ncc(CO)s2)cc1. The van der Waals surface area contributed by atoms with Gasteiger partial charge in [0.05, 0.1) is 44.2 Å². The van der Waals surface area contributed by atoms with E-state index in [0.717, 1.165) is 60.7 Å². The second-order valence-electron chi connectivity index (χ2n) is 13.8. The largest absolute Gasteiger partial charge is 0.391 e. The number of amides is 2. The van der Waals surface area contributed by atoms with Gasteiger partial charge in [-0.15, -0.1) is 0 Å². The molecule has 0 saturated carbocycles. The molecule has 2 aromatic carbocycles. The van der Waals surface area contributed by atoms with Crippen LogP contribution >= 0.6 is 22.7 Å². The number of carbonyl (C=O) groups is 3. The Kier molecular flexibility index (Phi) is 15.4. The Bertz CT molecular complexity index is 2140. The fourth-order valence-corrected chi connectivity index (χ4v) is 9.11. The number of aromatic nitrogens is 2. The van der Waals surface area contributed by atoms with E-state index in [4.69, 9.17) is 9.47 Å². The van der Waals surface area contributed by atoms with Gasteiger partial charge in [0.25, 0.3) is 0 Å². The third kappa shape index (κ3) is 12.5. The van der Waals surface area contributed by atoms with E-state index in [2.05, 4.69) is 20.6 Å². The van der Waals surface area contributed by atoms with Crippen LogP contribution in [-0.2, 0) is 45.3 Å². The first-order chi connectivity index (χ1) is 26.7. The summed E-state index contributed by atoms with van der Waals surface area (Å²) in [5.74, 6) is -0.550. The van der Waals surface area contributed by atoms with Crippen LogP contribution < -0.4 is 10.6 Å². The summed E-state index contributed by atoms with van der Waals surface area (Å²) in [6.45, 7) is 2.63. The van der Waals surface area contributed by atoms with Crippen molar-refractivity contribution in [2.75, 3.05) is 49.6 Å². The average molecular weight is 847 g/mol. The first-order valence-corrected chi connectivity index (χ1v) is 23.5. The normalized spacial score (nSPS) is 16.6. The molecule has 2 aromatic heterocycles. The molecule has 0 bridgehead atoms. The van der Waals surface area contributed by atoms with Crippen LogP contribution in [0.3, 0.4) is 0 Å². The third-order valence-electron chi connectivity index (χ3n) is 9.68. The van der Waals surface area contributed by atoms with E-state index in [0.29, 0.717) is 77.4 Å². The molecule has 2 atom stereocenters. The predicted molar refractivity (Wildman–Crippen MR) is 214 cm³/mol.